The molecule has 0 radical (unpaired) electrons. The molecule has 0 aromatic carbocycles. The summed E-state index contributed by atoms with van der Waals surface area (Å²) in [5.74, 6) is -1.61. The maximum Gasteiger partial charge on any atom is 0.306 e. The molecule has 0 fully saturated rings. The Morgan fingerprint density at radius 3 is 2.60 bits per heavy atom. The lowest BCUT2D eigenvalue weighted by molar-refractivity contribution is -0.140. The van der Waals surface area contributed by atoms with Crippen LogP contribution >= 0.6 is 0 Å². The predicted molar refractivity (Wildman–Crippen MR) is 34.8 cm³/mol. The molecule has 0 rings (SSSR count). The van der Waals surface area contributed by atoms with Gasteiger partial charge in [-0.3, -0.25) is 4.79 Å². The van der Waals surface area contributed by atoms with E-state index in [-0.39, 0.29) is 12.3 Å². The number of carboxylic acid groups (broad SMARTS) is 1. The zero-order valence-corrected chi connectivity index (χ0v) is 5.61. The van der Waals surface area contributed by atoms with Crippen molar-refractivity contribution >= 4 is 11.8 Å². The molecule has 5 nitrogen and oxygen atoms in total. The lowest BCUT2D eigenvalue weighted by Crippen LogP contribution is -2.20. The van der Waals surface area contributed by atoms with E-state index >= 15 is 0 Å². The number of hydrogen-bond donors (Lipinski definition) is 3. The number of nitrogens with two attached hydrogens (primary N) is 1. The van der Waals surface area contributed by atoms with Crippen molar-refractivity contribution in [2.75, 3.05) is 0 Å². The highest BCUT2D eigenvalue weighted by molar-refractivity contribution is 5.84. The summed E-state index contributed by atoms with van der Waals surface area (Å²) in [7, 11) is 0. The van der Waals surface area contributed by atoms with Crippen molar-refractivity contribution in [1.82, 2.24) is 0 Å². The van der Waals surface area contributed by atoms with Gasteiger partial charge in [-0.2, -0.15) is 0 Å². The molecule has 10 heavy (non-hydrogen) atoms. The Morgan fingerprint density at radius 2 is 2.30 bits per heavy atom. The molecule has 4 N–H and O–H groups in total. The Kier molecular flexibility index (Phi) is 3.24. The van der Waals surface area contributed by atoms with Crippen LogP contribution in [-0.2, 0) is 4.79 Å². The third-order valence-corrected chi connectivity index (χ3v) is 1.07. The van der Waals surface area contributed by atoms with Gasteiger partial charge in [0.25, 0.3) is 0 Å². The molecular formula is C5H10N2O3. The van der Waals surface area contributed by atoms with Crippen LogP contribution in [0.3, 0.4) is 0 Å². The van der Waals surface area contributed by atoms with Gasteiger partial charge >= 0.3 is 5.97 Å². The zero-order chi connectivity index (χ0) is 8.15. The first-order valence-electron chi connectivity index (χ1n) is 2.77. The number of carbonyl (C=O) groups is 1. The topological polar surface area (TPSA) is 95.9 Å². The fourth-order valence-corrected chi connectivity index (χ4v) is 0.442. The normalized spacial score (nSPS) is 14.7. The molecule has 0 spiro atoms. The molecule has 0 amide bonds. The quantitative estimate of drug-likeness (QED) is 0.223. The van der Waals surface area contributed by atoms with Gasteiger partial charge in [-0.05, 0) is 0 Å². The lowest BCUT2D eigenvalue weighted by atomic mass is 10.1. The Balaban J connectivity index is 3.80. The molecule has 0 aliphatic carbocycles. The molecular weight excluding hydrogens is 136 g/mol. The van der Waals surface area contributed by atoms with Gasteiger partial charge in [0.15, 0.2) is 0 Å². The van der Waals surface area contributed by atoms with E-state index < -0.39 is 11.9 Å². The number of hydrogen-bond acceptors (Lipinski definition) is 3. The first-order chi connectivity index (χ1) is 4.57. The summed E-state index contributed by atoms with van der Waals surface area (Å²) < 4.78 is 0. The molecule has 1 unspecified atom stereocenters. The van der Waals surface area contributed by atoms with Crippen LogP contribution in [0.5, 0.6) is 0 Å². The van der Waals surface area contributed by atoms with E-state index in [2.05, 4.69) is 5.16 Å². The Bertz CT molecular complexity index is 155. The Morgan fingerprint density at radius 1 is 1.80 bits per heavy atom. The lowest BCUT2D eigenvalue weighted by Gasteiger charge is -2.02. The third-order valence-electron chi connectivity index (χ3n) is 1.07. The summed E-state index contributed by atoms with van der Waals surface area (Å²) >= 11 is 0. The third kappa shape index (κ3) is 2.91. The van der Waals surface area contributed by atoms with Crippen LogP contribution in [0.4, 0.5) is 0 Å². The van der Waals surface area contributed by atoms with E-state index in [0.717, 1.165) is 0 Å². The molecule has 0 aromatic rings. The molecule has 5 heteroatoms. The minimum absolute atomic E-state index is 0.0603. The maximum absolute atomic E-state index is 10.2. The first-order valence-corrected chi connectivity index (χ1v) is 2.77. The average Bonchev–Trinajstić information content (AvgIpc) is 1.87. The molecule has 0 aliphatic rings. The SMILES string of the molecule is CC(CC(N)=NO)C(=O)O. The number of carboxylic acids is 1. The van der Waals surface area contributed by atoms with Crippen molar-refractivity contribution in [3.63, 3.8) is 0 Å². The van der Waals surface area contributed by atoms with Crippen LogP contribution in [0.1, 0.15) is 13.3 Å². The van der Waals surface area contributed by atoms with Crippen molar-refractivity contribution in [3.05, 3.63) is 0 Å². The molecule has 1 atom stereocenters. The predicted octanol–water partition coefficient (Wildman–Crippen LogP) is -0.156. The molecule has 0 saturated heterocycles. The summed E-state index contributed by atoms with van der Waals surface area (Å²) in [6.07, 6.45) is 0.0752. The minimum atomic E-state index is -0.952. The van der Waals surface area contributed by atoms with Crippen LogP contribution in [0.25, 0.3) is 0 Å². The number of nitrogens with zero attached hydrogens (tertiary/aromatic N) is 1. The van der Waals surface area contributed by atoms with Gasteiger partial charge in [0.1, 0.15) is 5.84 Å². The van der Waals surface area contributed by atoms with E-state index in [1.807, 2.05) is 0 Å². The largest absolute Gasteiger partial charge is 0.481 e. The molecule has 0 aliphatic heterocycles. The minimum Gasteiger partial charge on any atom is -0.481 e. The highest BCUT2D eigenvalue weighted by atomic mass is 16.4. The van der Waals surface area contributed by atoms with Gasteiger partial charge in [0, 0.05) is 6.42 Å². The molecule has 0 bridgehead atoms. The van der Waals surface area contributed by atoms with Crippen molar-refractivity contribution in [2.24, 2.45) is 16.8 Å². The van der Waals surface area contributed by atoms with Gasteiger partial charge in [-0.15, -0.1) is 0 Å². The maximum atomic E-state index is 10.2. The Labute approximate surface area is 58.1 Å². The fraction of sp³-hybridized carbons (Fsp3) is 0.600. The van der Waals surface area contributed by atoms with Gasteiger partial charge in [-0.25, -0.2) is 0 Å². The van der Waals surface area contributed by atoms with Gasteiger partial charge in [0.05, 0.1) is 5.92 Å². The molecule has 0 saturated carbocycles. The van der Waals surface area contributed by atoms with Crippen molar-refractivity contribution in [1.29, 1.82) is 0 Å². The number of amidine groups is 1. The fourth-order valence-electron chi connectivity index (χ4n) is 0.442. The van der Waals surface area contributed by atoms with Crippen molar-refractivity contribution in [3.8, 4) is 0 Å². The summed E-state index contributed by atoms with van der Waals surface area (Å²) in [6.45, 7) is 1.49. The van der Waals surface area contributed by atoms with E-state index in [1.165, 1.54) is 6.92 Å². The van der Waals surface area contributed by atoms with Gasteiger partial charge < -0.3 is 16.0 Å². The molecule has 58 valence electrons. The van der Waals surface area contributed by atoms with Crippen LogP contribution in [0.2, 0.25) is 0 Å². The van der Waals surface area contributed by atoms with Crippen LogP contribution in [-0.4, -0.2) is 22.1 Å². The van der Waals surface area contributed by atoms with Crippen LogP contribution < -0.4 is 5.73 Å². The second kappa shape index (κ2) is 3.71. The van der Waals surface area contributed by atoms with Crippen LogP contribution in [0.15, 0.2) is 5.16 Å². The average molecular weight is 146 g/mol. The highest BCUT2D eigenvalue weighted by Crippen LogP contribution is 2.00. The smallest absolute Gasteiger partial charge is 0.306 e. The van der Waals surface area contributed by atoms with E-state index in [0.29, 0.717) is 0 Å². The van der Waals surface area contributed by atoms with Crippen molar-refractivity contribution in [2.45, 2.75) is 13.3 Å². The zero-order valence-electron chi connectivity index (χ0n) is 5.61. The first kappa shape index (κ1) is 8.74. The second-order valence-corrected chi connectivity index (χ2v) is 2.03. The highest BCUT2D eigenvalue weighted by Gasteiger charge is 2.12. The standard InChI is InChI=1S/C5H10N2O3/c1-3(5(8)9)2-4(6)7-10/h3,10H,2H2,1H3,(H2,6,7)(H,8,9). The van der Waals surface area contributed by atoms with E-state index in [9.17, 15) is 4.79 Å². The van der Waals surface area contributed by atoms with Gasteiger partial charge in [-0.1, -0.05) is 12.1 Å². The summed E-state index contributed by atoms with van der Waals surface area (Å²) in [4.78, 5) is 10.2. The monoisotopic (exact) mass is 146 g/mol. The second-order valence-electron chi connectivity index (χ2n) is 2.03. The summed E-state index contributed by atoms with van der Waals surface area (Å²) in [6, 6.07) is 0. The molecule has 0 heterocycles. The number of aliphatic carboxylic acids is 1. The van der Waals surface area contributed by atoms with Gasteiger partial charge in [0.2, 0.25) is 0 Å². The van der Waals surface area contributed by atoms with Crippen molar-refractivity contribution < 1.29 is 15.1 Å². The Hall–Kier alpha value is -1.26. The molecule has 0 aromatic heterocycles. The summed E-state index contributed by atoms with van der Waals surface area (Å²) in [5.41, 5.74) is 5.05. The summed E-state index contributed by atoms with van der Waals surface area (Å²) in [5, 5.41) is 19.0. The number of oxime groups is 1. The van der Waals surface area contributed by atoms with E-state index in [4.69, 9.17) is 16.0 Å². The van der Waals surface area contributed by atoms with Crippen LogP contribution in [0, 0.1) is 5.92 Å². The number of rotatable bonds is 3. The van der Waals surface area contributed by atoms with E-state index in [1.54, 1.807) is 0 Å².